The Labute approximate surface area is 152 Å². The maximum Gasteiger partial charge on any atom is 0.328 e. The van der Waals surface area contributed by atoms with E-state index in [1.807, 2.05) is 31.2 Å². The lowest BCUT2D eigenvalue weighted by Crippen LogP contribution is -2.43. The molecule has 2 aromatic carbocycles. The maximum absolute atomic E-state index is 12.5. The second-order valence-electron chi connectivity index (χ2n) is 6.00. The minimum atomic E-state index is -0.788. The van der Waals surface area contributed by atoms with Gasteiger partial charge in [0.15, 0.2) is 0 Å². The molecule has 136 valence electrons. The quantitative estimate of drug-likeness (QED) is 0.781. The van der Waals surface area contributed by atoms with Crippen LogP contribution in [-0.2, 0) is 20.7 Å². The molecule has 6 nitrogen and oxygen atoms in total. The Bertz CT molecular complexity index is 800. The van der Waals surface area contributed by atoms with Crippen LogP contribution in [0.3, 0.4) is 0 Å². The van der Waals surface area contributed by atoms with Crippen molar-refractivity contribution in [2.24, 2.45) is 0 Å². The van der Waals surface area contributed by atoms with Crippen molar-refractivity contribution in [1.82, 2.24) is 5.32 Å². The van der Waals surface area contributed by atoms with Crippen LogP contribution in [0, 0.1) is 6.92 Å². The molecule has 0 aliphatic carbocycles. The lowest BCUT2D eigenvalue weighted by Gasteiger charge is -2.17. The first kappa shape index (κ1) is 19.2. The number of ether oxygens (including phenoxy) is 1. The predicted molar refractivity (Wildman–Crippen MR) is 98.9 cm³/mol. The van der Waals surface area contributed by atoms with Crippen molar-refractivity contribution in [3.8, 4) is 0 Å². The van der Waals surface area contributed by atoms with E-state index in [1.165, 1.54) is 14.0 Å². The molecule has 0 unspecified atom stereocenters. The zero-order chi connectivity index (χ0) is 19.1. The van der Waals surface area contributed by atoms with Gasteiger partial charge in [0.2, 0.25) is 5.91 Å². The number of hydrogen-bond donors (Lipinski definition) is 2. The molecule has 0 saturated carbocycles. The number of anilines is 1. The van der Waals surface area contributed by atoms with Crippen molar-refractivity contribution in [3.63, 3.8) is 0 Å². The first-order valence-corrected chi connectivity index (χ1v) is 8.21. The minimum absolute atomic E-state index is 0.189. The number of rotatable bonds is 6. The molecule has 0 heterocycles. The number of esters is 1. The molecule has 0 saturated heterocycles. The normalized spacial score (nSPS) is 11.3. The van der Waals surface area contributed by atoms with Crippen molar-refractivity contribution in [2.45, 2.75) is 26.3 Å². The minimum Gasteiger partial charge on any atom is -0.467 e. The number of methoxy groups -OCH3 is 1. The summed E-state index contributed by atoms with van der Waals surface area (Å²) in [7, 11) is 1.29. The number of carbonyl (C=O) groups is 3. The summed E-state index contributed by atoms with van der Waals surface area (Å²) >= 11 is 0. The molecule has 0 spiro atoms. The highest BCUT2D eigenvalue weighted by Gasteiger charge is 2.22. The van der Waals surface area contributed by atoms with Gasteiger partial charge in [-0.05, 0) is 36.8 Å². The highest BCUT2D eigenvalue weighted by Crippen LogP contribution is 2.11. The van der Waals surface area contributed by atoms with E-state index in [0.717, 1.165) is 11.1 Å². The van der Waals surface area contributed by atoms with E-state index >= 15 is 0 Å². The van der Waals surface area contributed by atoms with Gasteiger partial charge in [0.25, 0.3) is 5.91 Å². The Balaban J connectivity index is 2.10. The summed E-state index contributed by atoms with van der Waals surface area (Å²) in [5, 5.41) is 5.34. The standard InChI is InChI=1S/C20H22N2O4/c1-13-5-4-6-15(11-13)12-18(20(25)26-3)22-19(24)16-7-9-17(10-8-16)21-14(2)23/h4-11,18H,12H2,1-3H3,(H,21,23)(H,22,24)/t18-/m1/s1. The lowest BCUT2D eigenvalue weighted by molar-refractivity contribution is -0.142. The largest absolute Gasteiger partial charge is 0.467 e. The molecular formula is C20H22N2O4. The van der Waals surface area contributed by atoms with E-state index in [4.69, 9.17) is 4.74 Å². The highest BCUT2D eigenvalue weighted by atomic mass is 16.5. The van der Waals surface area contributed by atoms with E-state index in [-0.39, 0.29) is 11.8 Å². The number of nitrogens with one attached hydrogen (secondary N) is 2. The number of aryl methyl sites for hydroxylation is 1. The molecule has 0 radical (unpaired) electrons. The van der Waals surface area contributed by atoms with E-state index in [2.05, 4.69) is 10.6 Å². The summed E-state index contributed by atoms with van der Waals surface area (Å²) < 4.78 is 4.81. The van der Waals surface area contributed by atoms with E-state index < -0.39 is 12.0 Å². The smallest absolute Gasteiger partial charge is 0.328 e. The zero-order valence-electron chi connectivity index (χ0n) is 15.0. The maximum atomic E-state index is 12.5. The summed E-state index contributed by atoms with van der Waals surface area (Å²) in [4.78, 5) is 35.6. The number of carbonyl (C=O) groups excluding carboxylic acids is 3. The van der Waals surface area contributed by atoms with Gasteiger partial charge >= 0.3 is 5.97 Å². The molecule has 26 heavy (non-hydrogen) atoms. The van der Waals surface area contributed by atoms with Crippen LogP contribution in [-0.4, -0.2) is 30.9 Å². The Morgan fingerprint density at radius 3 is 2.35 bits per heavy atom. The summed E-state index contributed by atoms with van der Waals surface area (Å²) in [6, 6.07) is 13.4. The fourth-order valence-corrected chi connectivity index (χ4v) is 2.56. The second-order valence-corrected chi connectivity index (χ2v) is 6.00. The van der Waals surface area contributed by atoms with Crippen LogP contribution in [0.2, 0.25) is 0 Å². The number of amides is 2. The van der Waals surface area contributed by atoms with Crippen LogP contribution in [0.1, 0.15) is 28.4 Å². The topological polar surface area (TPSA) is 84.5 Å². The second kappa shape index (κ2) is 8.80. The van der Waals surface area contributed by atoms with Crippen LogP contribution < -0.4 is 10.6 Å². The molecule has 6 heteroatoms. The van der Waals surface area contributed by atoms with Crippen molar-refractivity contribution in [3.05, 3.63) is 65.2 Å². The molecule has 0 bridgehead atoms. The van der Waals surface area contributed by atoms with Crippen molar-refractivity contribution in [2.75, 3.05) is 12.4 Å². The van der Waals surface area contributed by atoms with Gasteiger partial charge in [0, 0.05) is 24.6 Å². The molecule has 2 N–H and O–H groups in total. The van der Waals surface area contributed by atoms with Gasteiger partial charge in [-0.15, -0.1) is 0 Å². The molecule has 0 aliphatic rings. The fourth-order valence-electron chi connectivity index (χ4n) is 2.56. The zero-order valence-corrected chi connectivity index (χ0v) is 15.0. The average Bonchev–Trinajstić information content (AvgIpc) is 2.60. The predicted octanol–water partition coefficient (Wildman–Crippen LogP) is 2.47. The summed E-state index contributed by atoms with van der Waals surface area (Å²) in [5.41, 5.74) is 2.99. The third-order valence-corrected chi connectivity index (χ3v) is 3.78. The molecule has 0 aliphatic heterocycles. The average molecular weight is 354 g/mol. The highest BCUT2D eigenvalue weighted by molar-refractivity contribution is 5.97. The number of benzene rings is 2. The van der Waals surface area contributed by atoms with Gasteiger partial charge in [-0.2, -0.15) is 0 Å². The monoisotopic (exact) mass is 354 g/mol. The van der Waals surface area contributed by atoms with Crippen LogP contribution in [0.25, 0.3) is 0 Å². The van der Waals surface area contributed by atoms with Gasteiger partial charge < -0.3 is 15.4 Å². The van der Waals surface area contributed by atoms with Gasteiger partial charge in [-0.3, -0.25) is 9.59 Å². The third kappa shape index (κ3) is 5.44. The first-order valence-electron chi connectivity index (χ1n) is 8.21. The summed E-state index contributed by atoms with van der Waals surface area (Å²) in [5.74, 6) is -1.08. The fraction of sp³-hybridized carbons (Fsp3) is 0.250. The van der Waals surface area contributed by atoms with Crippen molar-refractivity contribution in [1.29, 1.82) is 0 Å². The summed E-state index contributed by atoms with van der Waals surface area (Å²) in [6.45, 7) is 3.37. The van der Waals surface area contributed by atoms with Gasteiger partial charge in [-0.1, -0.05) is 29.8 Å². The lowest BCUT2D eigenvalue weighted by atomic mass is 10.0. The molecule has 2 amide bonds. The third-order valence-electron chi connectivity index (χ3n) is 3.78. The van der Waals surface area contributed by atoms with Crippen LogP contribution in [0.15, 0.2) is 48.5 Å². The molecule has 0 aromatic heterocycles. The van der Waals surface area contributed by atoms with E-state index in [0.29, 0.717) is 17.7 Å². The van der Waals surface area contributed by atoms with Crippen LogP contribution >= 0.6 is 0 Å². The van der Waals surface area contributed by atoms with Crippen molar-refractivity contribution >= 4 is 23.5 Å². The Morgan fingerprint density at radius 1 is 1.08 bits per heavy atom. The Morgan fingerprint density at radius 2 is 1.77 bits per heavy atom. The van der Waals surface area contributed by atoms with Gasteiger partial charge in [-0.25, -0.2) is 4.79 Å². The van der Waals surface area contributed by atoms with Crippen LogP contribution in [0.4, 0.5) is 5.69 Å². The first-order chi connectivity index (χ1) is 12.4. The molecule has 2 rings (SSSR count). The Hall–Kier alpha value is -3.15. The Kier molecular flexibility index (Phi) is 6.49. The molecule has 0 fully saturated rings. The van der Waals surface area contributed by atoms with Gasteiger partial charge in [0.05, 0.1) is 7.11 Å². The summed E-state index contributed by atoms with van der Waals surface area (Å²) in [6.07, 6.45) is 0.337. The van der Waals surface area contributed by atoms with Gasteiger partial charge in [0.1, 0.15) is 6.04 Å². The van der Waals surface area contributed by atoms with Crippen LogP contribution in [0.5, 0.6) is 0 Å². The van der Waals surface area contributed by atoms with Crippen molar-refractivity contribution < 1.29 is 19.1 Å². The SMILES string of the molecule is COC(=O)[C@@H](Cc1cccc(C)c1)NC(=O)c1ccc(NC(C)=O)cc1. The van der Waals surface area contributed by atoms with E-state index in [1.54, 1.807) is 24.3 Å². The molecule has 2 aromatic rings. The number of hydrogen-bond acceptors (Lipinski definition) is 4. The molecule has 1 atom stereocenters. The molecular weight excluding hydrogens is 332 g/mol. The van der Waals surface area contributed by atoms with E-state index in [9.17, 15) is 14.4 Å².